The van der Waals surface area contributed by atoms with Gasteiger partial charge < -0.3 is 10.2 Å². The number of benzene rings is 2. The summed E-state index contributed by atoms with van der Waals surface area (Å²) in [7, 11) is -3.71. The molecule has 10 heteroatoms. The Morgan fingerprint density at radius 3 is 2.29 bits per heavy atom. The van der Waals surface area contributed by atoms with E-state index in [1.165, 1.54) is 35.5 Å². The Kier molecular flexibility index (Phi) is 6.97. The van der Waals surface area contributed by atoms with Crippen LogP contribution in [0.25, 0.3) is 11.3 Å². The summed E-state index contributed by atoms with van der Waals surface area (Å²) in [6, 6.07) is 16.4. The number of nitrogens with zero attached hydrogens (tertiary/aromatic N) is 3. The van der Waals surface area contributed by atoms with E-state index in [4.69, 9.17) is 11.6 Å². The summed E-state index contributed by atoms with van der Waals surface area (Å²) < 4.78 is 27.2. The fourth-order valence-corrected chi connectivity index (χ4v) is 5.33. The van der Waals surface area contributed by atoms with Gasteiger partial charge in [-0.1, -0.05) is 17.7 Å². The van der Waals surface area contributed by atoms with Crippen LogP contribution >= 0.6 is 11.6 Å². The molecule has 2 amide bonds. The van der Waals surface area contributed by atoms with Crippen LogP contribution in [0.3, 0.4) is 0 Å². The van der Waals surface area contributed by atoms with Crippen molar-refractivity contribution in [2.24, 2.45) is 0 Å². The molecule has 2 aromatic carbocycles. The summed E-state index contributed by atoms with van der Waals surface area (Å²) in [5.41, 5.74) is 2.22. The maximum atomic E-state index is 12.9. The minimum absolute atomic E-state index is 0.0692. The zero-order valence-electron chi connectivity index (χ0n) is 18.4. The fraction of sp³-hybridized carbons (Fsp3) is 0.208. The van der Waals surface area contributed by atoms with Crippen LogP contribution in [0.15, 0.2) is 71.8 Å². The molecule has 1 aliphatic rings. The Morgan fingerprint density at radius 1 is 0.971 bits per heavy atom. The highest BCUT2D eigenvalue weighted by Gasteiger charge is 2.29. The lowest BCUT2D eigenvalue weighted by Crippen LogP contribution is -2.49. The van der Waals surface area contributed by atoms with Gasteiger partial charge in [0.1, 0.15) is 0 Å². The van der Waals surface area contributed by atoms with Crippen LogP contribution in [0.1, 0.15) is 17.3 Å². The van der Waals surface area contributed by atoms with Gasteiger partial charge in [0.25, 0.3) is 5.91 Å². The molecule has 8 nitrogen and oxygen atoms in total. The minimum atomic E-state index is -3.71. The van der Waals surface area contributed by atoms with Crippen molar-refractivity contribution in [3.05, 3.63) is 77.4 Å². The Balaban J connectivity index is 1.46. The molecule has 3 aromatic rings. The van der Waals surface area contributed by atoms with E-state index in [0.29, 0.717) is 40.6 Å². The van der Waals surface area contributed by atoms with Gasteiger partial charge in [-0.2, -0.15) is 4.31 Å². The van der Waals surface area contributed by atoms with Crippen LogP contribution in [0.2, 0.25) is 5.02 Å². The number of carbonyl (C=O) groups is 2. The van der Waals surface area contributed by atoms with Crippen molar-refractivity contribution in [3.8, 4) is 11.3 Å². The monoisotopic (exact) mass is 498 g/mol. The maximum absolute atomic E-state index is 12.9. The molecule has 4 rings (SSSR count). The van der Waals surface area contributed by atoms with Crippen LogP contribution in [-0.4, -0.2) is 60.6 Å². The second-order valence-electron chi connectivity index (χ2n) is 7.80. The van der Waals surface area contributed by atoms with Gasteiger partial charge in [0.2, 0.25) is 15.9 Å². The number of hydrogen-bond donors (Lipinski definition) is 1. The Hall–Kier alpha value is -3.27. The molecule has 1 aliphatic heterocycles. The van der Waals surface area contributed by atoms with Gasteiger partial charge in [-0.25, -0.2) is 8.42 Å². The number of hydrogen-bond acceptors (Lipinski definition) is 5. The van der Waals surface area contributed by atoms with E-state index in [9.17, 15) is 18.0 Å². The molecule has 1 saturated heterocycles. The predicted molar refractivity (Wildman–Crippen MR) is 130 cm³/mol. The molecular weight excluding hydrogens is 476 g/mol. The summed E-state index contributed by atoms with van der Waals surface area (Å²) in [6.45, 7) is 2.66. The first kappa shape index (κ1) is 23.9. The number of aromatic nitrogens is 1. The third-order valence-corrected chi connectivity index (χ3v) is 7.85. The molecule has 0 atom stereocenters. The first-order chi connectivity index (χ1) is 16.3. The molecule has 0 aliphatic carbocycles. The van der Waals surface area contributed by atoms with Crippen molar-refractivity contribution in [1.82, 2.24) is 14.2 Å². The number of anilines is 1. The molecule has 1 N–H and O–H groups in total. The van der Waals surface area contributed by atoms with Crippen LogP contribution in [0.4, 0.5) is 5.69 Å². The van der Waals surface area contributed by atoms with Crippen molar-refractivity contribution in [2.45, 2.75) is 11.8 Å². The number of nitrogens with one attached hydrogen (secondary N) is 1. The molecule has 1 aromatic heterocycles. The van der Waals surface area contributed by atoms with Gasteiger partial charge in [-0.15, -0.1) is 0 Å². The summed E-state index contributed by atoms with van der Waals surface area (Å²) >= 11 is 6.30. The molecule has 0 spiro atoms. The quantitative estimate of drug-likeness (QED) is 0.580. The van der Waals surface area contributed by atoms with E-state index in [2.05, 4.69) is 10.3 Å². The van der Waals surface area contributed by atoms with Gasteiger partial charge in [0.05, 0.1) is 15.6 Å². The van der Waals surface area contributed by atoms with Crippen LogP contribution in [-0.2, 0) is 14.8 Å². The SMILES string of the molecule is CC(=O)N1CCN(S(=O)(=O)c2ccc(C(=O)Nc3ccc(Cl)c(-c4ccccn4)c3)cc2)CC1. The third-order valence-electron chi connectivity index (χ3n) is 5.60. The highest BCUT2D eigenvalue weighted by atomic mass is 35.5. The zero-order chi connectivity index (χ0) is 24.3. The lowest BCUT2D eigenvalue weighted by atomic mass is 10.1. The zero-order valence-corrected chi connectivity index (χ0v) is 20.0. The average molecular weight is 499 g/mol. The van der Waals surface area contributed by atoms with E-state index >= 15 is 0 Å². The number of carbonyl (C=O) groups excluding carboxylic acids is 2. The summed E-state index contributed by atoms with van der Waals surface area (Å²) in [5.74, 6) is -0.450. The first-order valence-corrected chi connectivity index (χ1v) is 12.5. The largest absolute Gasteiger partial charge is 0.340 e. The molecule has 2 heterocycles. The summed E-state index contributed by atoms with van der Waals surface area (Å²) in [6.07, 6.45) is 1.66. The molecule has 176 valence electrons. The third kappa shape index (κ3) is 5.11. The molecule has 0 saturated carbocycles. The molecular formula is C24H23ClN4O4S. The number of sulfonamides is 1. The van der Waals surface area contributed by atoms with Crippen LogP contribution in [0.5, 0.6) is 0 Å². The number of rotatable bonds is 5. The average Bonchev–Trinajstić information content (AvgIpc) is 2.86. The maximum Gasteiger partial charge on any atom is 0.255 e. The number of halogens is 1. The van der Waals surface area contributed by atoms with Gasteiger partial charge >= 0.3 is 0 Å². The lowest BCUT2D eigenvalue weighted by molar-refractivity contribution is -0.129. The molecule has 0 bridgehead atoms. The van der Waals surface area contributed by atoms with E-state index < -0.39 is 10.0 Å². The van der Waals surface area contributed by atoms with Crippen molar-refractivity contribution < 1.29 is 18.0 Å². The molecule has 1 fully saturated rings. The number of piperazine rings is 1. The summed E-state index contributed by atoms with van der Waals surface area (Å²) in [5, 5.41) is 3.32. The van der Waals surface area contributed by atoms with Gasteiger partial charge in [0.15, 0.2) is 0 Å². The van der Waals surface area contributed by atoms with E-state index in [0.717, 1.165) is 0 Å². The standard InChI is InChI=1S/C24H23ClN4O4S/c1-17(30)28-12-14-29(15-13-28)34(32,33)20-8-5-18(6-9-20)24(31)27-19-7-10-22(25)21(16-19)23-4-2-3-11-26-23/h2-11,16H,12-15H2,1H3,(H,27,31). The highest BCUT2D eigenvalue weighted by molar-refractivity contribution is 7.89. The number of pyridine rings is 1. The normalized spacial score (nSPS) is 14.6. The Labute approximate surface area is 203 Å². The Morgan fingerprint density at radius 2 is 1.68 bits per heavy atom. The van der Waals surface area contributed by atoms with Crippen molar-refractivity contribution in [2.75, 3.05) is 31.5 Å². The Bertz CT molecular complexity index is 1310. The van der Waals surface area contributed by atoms with Crippen molar-refractivity contribution in [3.63, 3.8) is 0 Å². The van der Waals surface area contributed by atoms with Crippen molar-refractivity contribution in [1.29, 1.82) is 0 Å². The van der Waals surface area contributed by atoms with Crippen molar-refractivity contribution >= 4 is 39.1 Å². The highest BCUT2D eigenvalue weighted by Crippen LogP contribution is 2.29. The second-order valence-corrected chi connectivity index (χ2v) is 10.1. The predicted octanol–water partition coefficient (Wildman–Crippen LogP) is 3.51. The topological polar surface area (TPSA) is 99.7 Å². The first-order valence-electron chi connectivity index (χ1n) is 10.6. The van der Waals surface area contributed by atoms with Gasteiger partial charge in [-0.3, -0.25) is 14.6 Å². The summed E-state index contributed by atoms with van der Waals surface area (Å²) in [4.78, 5) is 30.2. The van der Waals surface area contributed by atoms with Crippen LogP contribution in [0, 0.1) is 0 Å². The van der Waals surface area contributed by atoms with Crippen LogP contribution < -0.4 is 5.32 Å². The van der Waals surface area contributed by atoms with Gasteiger partial charge in [0, 0.05) is 56.1 Å². The minimum Gasteiger partial charge on any atom is -0.340 e. The molecule has 0 unspecified atom stereocenters. The smallest absolute Gasteiger partial charge is 0.255 e. The van der Waals surface area contributed by atoms with E-state index in [1.807, 2.05) is 12.1 Å². The van der Waals surface area contributed by atoms with Gasteiger partial charge in [-0.05, 0) is 54.6 Å². The number of amides is 2. The molecule has 0 radical (unpaired) electrons. The second kappa shape index (κ2) is 9.92. The van der Waals surface area contributed by atoms with E-state index in [1.54, 1.807) is 35.4 Å². The lowest BCUT2D eigenvalue weighted by Gasteiger charge is -2.33. The molecule has 34 heavy (non-hydrogen) atoms. The fourth-order valence-electron chi connectivity index (χ4n) is 3.70. The van der Waals surface area contributed by atoms with E-state index in [-0.39, 0.29) is 29.8 Å².